The van der Waals surface area contributed by atoms with Gasteiger partial charge in [0.2, 0.25) is 0 Å². The number of rotatable bonds is 11. The first-order valence-corrected chi connectivity index (χ1v) is 9.50. The predicted octanol–water partition coefficient (Wildman–Crippen LogP) is 5.89. The molecule has 0 atom stereocenters. The summed E-state index contributed by atoms with van der Waals surface area (Å²) < 4.78 is 5.60. The van der Waals surface area contributed by atoms with Crippen LogP contribution in [0.5, 0.6) is 5.75 Å². The molecule has 0 aliphatic carbocycles. The van der Waals surface area contributed by atoms with E-state index in [1.54, 1.807) is 0 Å². The molecule has 1 aromatic carbocycles. The highest BCUT2D eigenvalue weighted by Crippen LogP contribution is 2.31. The number of aromatic hydroxyl groups is 1. The lowest BCUT2D eigenvalue weighted by Gasteiger charge is -2.19. The van der Waals surface area contributed by atoms with Gasteiger partial charge in [0.05, 0.1) is 6.61 Å². The normalized spacial score (nSPS) is 11.6. The molecule has 1 aromatic rings. The zero-order valence-corrected chi connectivity index (χ0v) is 15.8. The van der Waals surface area contributed by atoms with Crippen molar-refractivity contribution in [3.05, 3.63) is 28.8 Å². The lowest BCUT2D eigenvalue weighted by atomic mass is 9.88. The second-order valence-electron chi connectivity index (χ2n) is 6.67. The van der Waals surface area contributed by atoms with Gasteiger partial charge in [-0.05, 0) is 60.4 Å². The molecule has 1 rings (SSSR count). The summed E-state index contributed by atoms with van der Waals surface area (Å²) in [6.45, 7) is 12.3. The number of hydrogen-bond acceptors (Lipinski definition) is 2. The average Bonchev–Trinajstić information content (AvgIpc) is 2.58. The largest absolute Gasteiger partial charge is 0.507 e. The fraction of sp³-hybridized carbons (Fsp3) is 0.714. The summed E-state index contributed by atoms with van der Waals surface area (Å²) in [5.41, 5.74) is 3.42. The number of hydrogen-bond donors (Lipinski definition) is 1. The maximum atomic E-state index is 10.8. The SMILES string of the molecule is CCOCc1cc(CC(CC)CC)c(O)c(CC(CC)CC)c1. The summed E-state index contributed by atoms with van der Waals surface area (Å²) in [7, 11) is 0. The standard InChI is InChI=1S/C21H36O2/c1-6-16(7-2)11-19-13-18(15-23-10-5)14-20(21(19)22)12-17(8-3)9-4/h13-14,16-17,22H,6-12,15H2,1-5H3. The monoisotopic (exact) mass is 320 g/mol. The van der Waals surface area contributed by atoms with Gasteiger partial charge in [-0.3, -0.25) is 0 Å². The van der Waals surface area contributed by atoms with Crippen molar-refractivity contribution in [2.24, 2.45) is 11.8 Å². The molecule has 0 amide bonds. The Kier molecular flexibility index (Phi) is 9.31. The Bertz CT molecular complexity index is 410. The second-order valence-corrected chi connectivity index (χ2v) is 6.67. The van der Waals surface area contributed by atoms with Crippen molar-refractivity contribution in [3.63, 3.8) is 0 Å². The Morgan fingerprint density at radius 2 is 1.26 bits per heavy atom. The van der Waals surface area contributed by atoms with Crippen molar-refractivity contribution in [2.75, 3.05) is 6.61 Å². The van der Waals surface area contributed by atoms with Gasteiger partial charge in [-0.1, -0.05) is 53.4 Å². The molecule has 0 saturated carbocycles. The van der Waals surface area contributed by atoms with E-state index in [0.29, 0.717) is 24.2 Å². The molecule has 2 heteroatoms. The quantitative estimate of drug-likeness (QED) is 0.551. The van der Waals surface area contributed by atoms with E-state index >= 15 is 0 Å². The summed E-state index contributed by atoms with van der Waals surface area (Å²) in [6.07, 6.45) is 6.57. The molecule has 0 aliphatic heterocycles. The van der Waals surface area contributed by atoms with E-state index in [2.05, 4.69) is 39.8 Å². The van der Waals surface area contributed by atoms with Crippen LogP contribution >= 0.6 is 0 Å². The summed E-state index contributed by atoms with van der Waals surface area (Å²) in [5, 5.41) is 10.8. The lowest BCUT2D eigenvalue weighted by Crippen LogP contribution is -2.07. The Balaban J connectivity index is 3.10. The highest BCUT2D eigenvalue weighted by molar-refractivity contribution is 5.44. The van der Waals surface area contributed by atoms with Gasteiger partial charge in [0.15, 0.2) is 0 Å². The van der Waals surface area contributed by atoms with Gasteiger partial charge in [-0.15, -0.1) is 0 Å². The third kappa shape index (κ3) is 6.18. The minimum absolute atomic E-state index is 0.532. The van der Waals surface area contributed by atoms with Crippen LogP contribution < -0.4 is 0 Å². The van der Waals surface area contributed by atoms with Crippen molar-refractivity contribution < 1.29 is 9.84 Å². The van der Waals surface area contributed by atoms with E-state index in [1.165, 1.54) is 5.56 Å². The third-order valence-corrected chi connectivity index (χ3v) is 5.13. The van der Waals surface area contributed by atoms with Crippen LogP contribution in [0.2, 0.25) is 0 Å². The first kappa shape index (κ1) is 20.0. The van der Waals surface area contributed by atoms with E-state index in [0.717, 1.165) is 56.3 Å². The summed E-state index contributed by atoms with van der Waals surface area (Å²) in [5.74, 6) is 1.82. The van der Waals surface area contributed by atoms with E-state index in [1.807, 2.05) is 6.92 Å². The Labute approximate surface area is 143 Å². The molecule has 0 radical (unpaired) electrons. The van der Waals surface area contributed by atoms with Gasteiger partial charge in [0.1, 0.15) is 5.75 Å². The zero-order valence-electron chi connectivity index (χ0n) is 15.8. The van der Waals surface area contributed by atoms with E-state index in [9.17, 15) is 5.11 Å². The smallest absolute Gasteiger partial charge is 0.121 e. The van der Waals surface area contributed by atoms with Gasteiger partial charge in [-0.2, -0.15) is 0 Å². The molecular formula is C21H36O2. The molecule has 0 saturated heterocycles. The van der Waals surface area contributed by atoms with Crippen molar-refractivity contribution in [1.82, 2.24) is 0 Å². The lowest BCUT2D eigenvalue weighted by molar-refractivity contribution is 0.134. The van der Waals surface area contributed by atoms with E-state index in [-0.39, 0.29) is 0 Å². The fourth-order valence-corrected chi connectivity index (χ4v) is 3.22. The maximum Gasteiger partial charge on any atom is 0.121 e. The number of phenolic OH excluding ortho intramolecular Hbond substituents is 1. The van der Waals surface area contributed by atoms with Crippen LogP contribution in [0.4, 0.5) is 0 Å². The molecule has 2 nitrogen and oxygen atoms in total. The first-order chi connectivity index (χ1) is 11.1. The minimum atomic E-state index is 0.532. The number of ether oxygens (including phenoxy) is 1. The van der Waals surface area contributed by atoms with Crippen molar-refractivity contribution in [1.29, 1.82) is 0 Å². The summed E-state index contributed by atoms with van der Waals surface area (Å²) in [4.78, 5) is 0. The molecule has 1 N–H and O–H groups in total. The van der Waals surface area contributed by atoms with Gasteiger partial charge < -0.3 is 9.84 Å². The Hall–Kier alpha value is -1.02. The molecule has 0 aliphatic rings. The van der Waals surface area contributed by atoms with Gasteiger partial charge >= 0.3 is 0 Å². The molecule has 0 unspecified atom stereocenters. The summed E-state index contributed by atoms with van der Waals surface area (Å²) >= 11 is 0. The van der Waals surface area contributed by atoms with Crippen LogP contribution in [-0.4, -0.2) is 11.7 Å². The minimum Gasteiger partial charge on any atom is -0.507 e. The maximum absolute atomic E-state index is 10.8. The highest BCUT2D eigenvalue weighted by atomic mass is 16.5. The Morgan fingerprint density at radius 3 is 1.61 bits per heavy atom. The molecule has 23 heavy (non-hydrogen) atoms. The van der Waals surface area contributed by atoms with Crippen LogP contribution in [0.15, 0.2) is 12.1 Å². The number of benzene rings is 1. The molecule has 0 heterocycles. The predicted molar refractivity (Wildman–Crippen MR) is 99.0 cm³/mol. The second kappa shape index (κ2) is 10.7. The number of phenols is 1. The first-order valence-electron chi connectivity index (χ1n) is 9.50. The Morgan fingerprint density at radius 1 is 0.826 bits per heavy atom. The van der Waals surface area contributed by atoms with Crippen LogP contribution in [-0.2, 0) is 24.2 Å². The van der Waals surface area contributed by atoms with Gasteiger partial charge in [-0.25, -0.2) is 0 Å². The highest BCUT2D eigenvalue weighted by Gasteiger charge is 2.16. The van der Waals surface area contributed by atoms with Crippen molar-refractivity contribution in [3.8, 4) is 5.75 Å². The fourth-order valence-electron chi connectivity index (χ4n) is 3.22. The van der Waals surface area contributed by atoms with E-state index in [4.69, 9.17) is 4.74 Å². The van der Waals surface area contributed by atoms with Gasteiger partial charge in [0.25, 0.3) is 0 Å². The topological polar surface area (TPSA) is 29.5 Å². The van der Waals surface area contributed by atoms with Crippen molar-refractivity contribution in [2.45, 2.75) is 79.8 Å². The third-order valence-electron chi connectivity index (χ3n) is 5.13. The molecular weight excluding hydrogens is 284 g/mol. The molecule has 132 valence electrons. The van der Waals surface area contributed by atoms with E-state index < -0.39 is 0 Å². The zero-order chi connectivity index (χ0) is 17.2. The van der Waals surface area contributed by atoms with Gasteiger partial charge in [0, 0.05) is 6.61 Å². The van der Waals surface area contributed by atoms with Crippen LogP contribution in [0.1, 0.15) is 77.0 Å². The molecule has 0 bridgehead atoms. The molecule has 0 aromatic heterocycles. The average molecular weight is 321 g/mol. The van der Waals surface area contributed by atoms with Crippen LogP contribution in [0, 0.1) is 11.8 Å². The summed E-state index contributed by atoms with van der Waals surface area (Å²) in [6, 6.07) is 4.30. The molecule has 0 fully saturated rings. The molecule has 0 spiro atoms. The van der Waals surface area contributed by atoms with Crippen molar-refractivity contribution >= 4 is 0 Å². The van der Waals surface area contributed by atoms with Crippen LogP contribution in [0.3, 0.4) is 0 Å². The van der Waals surface area contributed by atoms with Crippen LogP contribution in [0.25, 0.3) is 0 Å².